The van der Waals surface area contributed by atoms with Crippen LogP contribution in [0, 0.1) is 27.7 Å². The minimum absolute atomic E-state index is 0.0514. The van der Waals surface area contributed by atoms with Crippen molar-refractivity contribution in [1.29, 1.82) is 0 Å². The van der Waals surface area contributed by atoms with Crippen LogP contribution in [-0.2, 0) is 4.79 Å². The summed E-state index contributed by atoms with van der Waals surface area (Å²) in [6.45, 7) is 11.9. The monoisotopic (exact) mass is 325 g/mol. The number of amides is 1. The maximum Gasteiger partial charge on any atom is 0.261 e. The topological polar surface area (TPSA) is 38.3 Å². The van der Waals surface area contributed by atoms with E-state index in [0.717, 1.165) is 22.4 Å². The SMILES string of the molecule is Cc1ccc([C@@H](C)NC(=O)[C@H](C)Oc2cc(C)cc(C)c2C)cc1. The Labute approximate surface area is 145 Å². The molecule has 0 saturated heterocycles. The van der Waals surface area contributed by atoms with Crippen molar-refractivity contribution in [2.24, 2.45) is 0 Å². The van der Waals surface area contributed by atoms with Crippen molar-refractivity contribution in [2.45, 2.75) is 53.7 Å². The number of hydrogen-bond donors (Lipinski definition) is 1. The molecule has 0 radical (unpaired) electrons. The minimum Gasteiger partial charge on any atom is -0.481 e. The maximum absolute atomic E-state index is 12.4. The zero-order valence-corrected chi connectivity index (χ0v) is 15.4. The van der Waals surface area contributed by atoms with E-state index in [2.05, 4.69) is 37.4 Å². The van der Waals surface area contributed by atoms with Gasteiger partial charge in [0.1, 0.15) is 5.75 Å². The van der Waals surface area contributed by atoms with Crippen molar-refractivity contribution >= 4 is 5.91 Å². The third-order valence-electron chi connectivity index (χ3n) is 4.37. The number of carbonyl (C=O) groups excluding carboxylic acids is 1. The Kier molecular flexibility index (Phi) is 5.66. The smallest absolute Gasteiger partial charge is 0.261 e. The average molecular weight is 325 g/mol. The molecular formula is C21H27NO2. The van der Waals surface area contributed by atoms with Crippen molar-refractivity contribution in [1.82, 2.24) is 5.32 Å². The van der Waals surface area contributed by atoms with Gasteiger partial charge < -0.3 is 10.1 Å². The first-order valence-corrected chi connectivity index (χ1v) is 8.39. The Morgan fingerprint density at radius 1 is 0.958 bits per heavy atom. The first-order valence-electron chi connectivity index (χ1n) is 8.39. The van der Waals surface area contributed by atoms with Crippen LogP contribution in [0.2, 0.25) is 0 Å². The van der Waals surface area contributed by atoms with Crippen molar-refractivity contribution in [3.8, 4) is 5.75 Å². The first kappa shape index (κ1) is 18.1. The Morgan fingerprint density at radius 3 is 2.21 bits per heavy atom. The quantitative estimate of drug-likeness (QED) is 0.875. The average Bonchev–Trinajstić information content (AvgIpc) is 2.52. The number of rotatable bonds is 5. The molecule has 2 rings (SSSR count). The summed E-state index contributed by atoms with van der Waals surface area (Å²) < 4.78 is 5.91. The van der Waals surface area contributed by atoms with Gasteiger partial charge in [0.2, 0.25) is 0 Å². The molecule has 2 aromatic carbocycles. The van der Waals surface area contributed by atoms with E-state index in [1.54, 1.807) is 6.92 Å². The lowest BCUT2D eigenvalue weighted by molar-refractivity contribution is -0.127. The van der Waals surface area contributed by atoms with Gasteiger partial charge in [-0.25, -0.2) is 0 Å². The summed E-state index contributed by atoms with van der Waals surface area (Å²) in [5.74, 6) is 0.666. The van der Waals surface area contributed by atoms with Crippen LogP contribution < -0.4 is 10.1 Å². The summed E-state index contributed by atoms with van der Waals surface area (Å²) in [7, 11) is 0. The molecule has 0 fully saturated rings. The predicted molar refractivity (Wildman–Crippen MR) is 98.5 cm³/mol. The van der Waals surface area contributed by atoms with Gasteiger partial charge in [-0.2, -0.15) is 0 Å². The van der Waals surface area contributed by atoms with Crippen LogP contribution in [-0.4, -0.2) is 12.0 Å². The van der Waals surface area contributed by atoms with E-state index < -0.39 is 6.10 Å². The fraction of sp³-hybridized carbons (Fsp3) is 0.381. The summed E-state index contributed by atoms with van der Waals surface area (Å²) in [6, 6.07) is 12.2. The van der Waals surface area contributed by atoms with Gasteiger partial charge in [-0.05, 0) is 69.9 Å². The predicted octanol–water partition coefficient (Wildman–Crippen LogP) is 4.56. The summed E-state index contributed by atoms with van der Waals surface area (Å²) in [6.07, 6.45) is -0.544. The van der Waals surface area contributed by atoms with E-state index in [4.69, 9.17) is 4.74 Å². The number of hydrogen-bond acceptors (Lipinski definition) is 2. The molecule has 0 bridgehead atoms. The zero-order chi connectivity index (χ0) is 17.9. The van der Waals surface area contributed by atoms with Gasteiger partial charge in [0.25, 0.3) is 5.91 Å². The fourth-order valence-electron chi connectivity index (χ4n) is 2.64. The molecule has 0 spiro atoms. The first-order chi connectivity index (χ1) is 11.3. The molecule has 3 heteroatoms. The molecule has 128 valence electrons. The second kappa shape index (κ2) is 7.52. The van der Waals surface area contributed by atoms with Crippen molar-refractivity contribution < 1.29 is 9.53 Å². The second-order valence-electron chi connectivity index (χ2n) is 6.61. The molecule has 0 aromatic heterocycles. The largest absolute Gasteiger partial charge is 0.481 e. The van der Waals surface area contributed by atoms with Crippen molar-refractivity contribution in [3.63, 3.8) is 0 Å². The normalized spacial score (nSPS) is 13.2. The van der Waals surface area contributed by atoms with Gasteiger partial charge in [-0.1, -0.05) is 35.9 Å². The van der Waals surface area contributed by atoms with Crippen LogP contribution in [0.15, 0.2) is 36.4 Å². The van der Waals surface area contributed by atoms with E-state index in [0.29, 0.717) is 0 Å². The molecule has 2 atom stereocenters. The maximum atomic E-state index is 12.4. The Balaban J connectivity index is 2.03. The molecular weight excluding hydrogens is 298 g/mol. The van der Waals surface area contributed by atoms with Crippen molar-refractivity contribution in [2.75, 3.05) is 0 Å². The number of aryl methyl sites for hydroxylation is 3. The van der Waals surface area contributed by atoms with E-state index in [9.17, 15) is 4.79 Å². The van der Waals surface area contributed by atoms with Crippen LogP contribution in [0.3, 0.4) is 0 Å². The Bertz CT molecular complexity index is 719. The van der Waals surface area contributed by atoms with Gasteiger partial charge in [0, 0.05) is 0 Å². The number of ether oxygens (including phenoxy) is 1. The van der Waals surface area contributed by atoms with Gasteiger partial charge in [0.15, 0.2) is 6.10 Å². The lowest BCUT2D eigenvalue weighted by Crippen LogP contribution is -2.37. The molecule has 0 aliphatic heterocycles. The van der Waals surface area contributed by atoms with Crippen LogP contribution >= 0.6 is 0 Å². The van der Waals surface area contributed by atoms with Gasteiger partial charge in [-0.3, -0.25) is 4.79 Å². The Hall–Kier alpha value is -2.29. The molecule has 0 unspecified atom stereocenters. The van der Waals surface area contributed by atoms with Crippen LogP contribution in [0.25, 0.3) is 0 Å². The van der Waals surface area contributed by atoms with Gasteiger partial charge in [0.05, 0.1) is 6.04 Å². The lowest BCUT2D eigenvalue weighted by atomic mass is 10.1. The summed E-state index contributed by atoms with van der Waals surface area (Å²) >= 11 is 0. The van der Waals surface area contributed by atoms with Gasteiger partial charge in [-0.15, -0.1) is 0 Å². The van der Waals surface area contributed by atoms with Crippen LogP contribution in [0.1, 0.15) is 47.7 Å². The van der Waals surface area contributed by atoms with E-state index in [1.165, 1.54) is 11.1 Å². The molecule has 3 nitrogen and oxygen atoms in total. The Morgan fingerprint density at radius 2 is 1.58 bits per heavy atom. The highest BCUT2D eigenvalue weighted by atomic mass is 16.5. The van der Waals surface area contributed by atoms with Gasteiger partial charge >= 0.3 is 0 Å². The fourth-order valence-corrected chi connectivity index (χ4v) is 2.64. The highest BCUT2D eigenvalue weighted by Gasteiger charge is 2.19. The summed E-state index contributed by atoms with van der Waals surface area (Å²) in [5, 5.41) is 3.02. The van der Waals surface area contributed by atoms with Crippen LogP contribution in [0.5, 0.6) is 5.75 Å². The number of carbonyl (C=O) groups is 1. The van der Waals surface area contributed by atoms with Crippen molar-refractivity contribution in [3.05, 3.63) is 64.2 Å². The minimum atomic E-state index is -0.544. The third-order valence-corrected chi connectivity index (χ3v) is 4.37. The highest BCUT2D eigenvalue weighted by molar-refractivity contribution is 5.81. The molecule has 1 N–H and O–H groups in total. The molecule has 1 amide bonds. The number of nitrogens with one attached hydrogen (secondary N) is 1. The second-order valence-corrected chi connectivity index (χ2v) is 6.61. The van der Waals surface area contributed by atoms with E-state index >= 15 is 0 Å². The van der Waals surface area contributed by atoms with E-state index in [1.807, 2.05) is 39.0 Å². The molecule has 0 saturated carbocycles. The summed E-state index contributed by atoms with van der Waals surface area (Å²) in [5.41, 5.74) is 5.68. The standard InChI is InChI=1S/C21H27NO2/c1-13-7-9-19(10-8-13)17(5)22-21(23)18(6)24-20-12-14(2)11-15(3)16(20)4/h7-12,17-18H,1-6H3,(H,22,23)/t17-,18+/m1/s1. The third kappa shape index (κ3) is 4.38. The highest BCUT2D eigenvalue weighted by Crippen LogP contribution is 2.24. The molecule has 2 aromatic rings. The molecule has 24 heavy (non-hydrogen) atoms. The molecule has 0 aliphatic carbocycles. The molecule has 0 heterocycles. The molecule has 0 aliphatic rings. The zero-order valence-electron chi connectivity index (χ0n) is 15.4. The lowest BCUT2D eigenvalue weighted by Gasteiger charge is -2.20. The summed E-state index contributed by atoms with van der Waals surface area (Å²) in [4.78, 5) is 12.4. The van der Waals surface area contributed by atoms with Crippen LogP contribution in [0.4, 0.5) is 0 Å². The number of benzene rings is 2. The van der Waals surface area contributed by atoms with E-state index in [-0.39, 0.29) is 11.9 Å².